The van der Waals surface area contributed by atoms with Crippen LogP contribution in [0.1, 0.15) is 54.2 Å². The van der Waals surface area contributed by atoms with Gasteiger partial charge in [-0.3, -0.25) is 9.48 Å². The Morgan fingerprint density at radius 2 is 1.91 bits per heavy atom. The van der Waals surface area contributed by atoms with E-state index in [0.29, 0.717) is 5.69 Å². The number of aromatic nitrogens is 2. The predicted octanol–water partition coefficient (Wildman–Crippen LogP) is 2.49. The van der Waals surface area contributed by atoms with Crippen molar-refractivity contribution in [3.05, 3.63) is 52.8 Å². The number of amides is 1. The van der Waals surface area contributed by atoms with Crippen molar-refractivity contribution in [1.29, 1.82) is 0 Å². The normalized spacial score (nSPS) is 13.0. The lowest BCUT2D eigenvalue weighted by molar-refractivity contribution is 0.0910. The number of nitrogens with one attached hydrogen (secondary N) is 1. The van der Waals surface area contributed by atoms with Crippen LogP contribution < -0.4 is 5.32 Å². The number of hydrogen-bond donors (Lipinski definition) is 2. The van der Waals surface area contributed by atoms with Crippen LogP contribution in [0.3, 0.4) is 0 Å². The third kappa shape index (κ3) is 4.20. The molecule has 5 heteroatoms. The zero-order chi connectivity index (χ0) is 17.2. The fourth-order valence-corrected chi connectivity index (χ4v) is 2.27. The lowest BCUT2D eigenvalue weighted by atomic mass is 9.86. The molecule has 2 aromatic rings. The summed E-state index contributed by atoms with van der Waals surface area (Å²) in [6.45, 7) is 8.48. The van der Waals surface area contributed by atoms with E-state index in [1.54, 1.807) is 17.8 Å². The summed E-state index contributed by atoms with van der Waals surface area (Å²) >= 11 is 0. The lowest BCUT2D eigenvalue weighted by Gasteiger charge is -2.20. The highest BCUT2D eigenvalue weighted by molar-refractivity contribution is 5.92. The zero-order valence-electron chi connectivity index (χ0n) is 14.4. The number of nitrogens with zero attached hydrogens (tertiary/aromatic N) is 2. The molecule has 0 aliphatic rings. The standard InChI is InChI=1S/C18H25N3O2/c1-12-10-15(20-21(12)5)17(23)19-11-16(22)13-6-8-14(9-7-13)18(2,3)4/h6-10,16,22H,11H2,1-5H3,(H,19,23). The summed E-state index contributed by atoms with van der Waals surface area (Å²) in [6.07, 6.45) is -0.738. The quantitative estimate of drug-likeness (QED) is 0.911. The maximum Gasteiger partial charge on any atom is 0.271 e. The van der Waals surface area contributed by atoms with Crippen molar-refractivity contribution in [2.75, 3.05) is 6.54 Å². The monoisotopic (exact) mass is 315 g/mol. The van der Waals surface area contributed by atoms with Gasteiger partial charge >= 0.3 is 0 Å². The molecule has 0 saturated heterocycles. The van der Waals surface area contributed by atoms with Crippen LogP contribution in [-0.2, 0) is 12.5 Å². The number of benzene rings is 1. The Morgan fingerprint density at radius 3 is 2.39 bits per heavy atom. The molecule has 1 aromatic heterocycles. The van der Waals surface area contributed by atoms with Gasteiger partial charge in [0.15, 0.2) is 0 Å². The lowest BCUT2D eigenvalue weighted by Crippen LogP contribution is -2.28. The number of hydrogen-bond acceptors (Lipinski definition) is 3. The summed E-state index contributed by atoms with van der Waals surface area (Å²) in [4.78, 5) is 12.0. The van der Waals surface area contributed by atoms with Gasteiger partial charge in [0.1, 0.15) is 5.69 Å². The third-order valence-corrected chi connectivity index (χ3v) is 3.96. The van der Waals surface area contributed by atoms with Crippen molar-refractivity contribution in [2.45, 2.75) is 39.2 Å². The first-order valence-corrected chi connectivity index (χ1v) is 7.76. The van der Waals surface area contributed by atoms with Gasteiger partial charge in [0.25, 0.3) is 5.91 Å². The van der Waals surface area contributed by atoms with E-state index in [1.807, 2.05) is 31.2 Å². The minimum absolute atomic E-state index is 0.0779. The van der Waals surface area contributed by atoms with Crippen LogP contribution in [0.4, 0.5) is 0 Å². The largest absolute Gasteiger partial charge is 0.387 e. The summed E-state index contributed by atoms with van der Waals surface area (Å²) < 4.78 is 1.65. The first-order valence-electron chi connectivity index (χ1n) is 7.76. The Labute approximate surface area is 137 Å². The third-order valence-electron chi connectivity index (χ3n) is 3.96. The minimum Gasteiger partial charge on any atom is -0.387 e. The van der Waals surface area contributed by atoms with Gasteiger partial charge in [-0.2, -0.15) is 5.10 Å². The summed E-state index contributed by atoms with van der Waals surface area (Å²) in [5.74, 6) is -0.279. The van der Waals surface area contributed by atoms with Crippen molar-refractivity contribution in [1.82, 2.24) is 15.1 Å². The van der Waals surface area contributed by atoms with E-state index in [-0.39, 0.29) is 17.9 Å². The SMILES string of the molecule is Cc1cc(C(=O)NCC(O)c2ccc(C(C)(C)C)cc2)nn1C. The summed E-state index contributed by atoms with van der Waals surface area (Å²) in [5, 5.41) is 17.1. The van der Waals surface area contributed by atoms with E-state index in [1.165, 1.54) is 5.56 Å². The van der Waals surface area contributed by atoms with Crippen LogP contribution in [0.15, 0.2) is 30.3 Å². The molecule has 1 atom stereocenters. The predicted molar refractivity (Wildman–Crippen MR) is 90.4 cm³/mol. The van der Waals surface area contributed by atoms with Gasteiger partial charge in [-0.25, -0.2) is 0 Å². The molecule has 0 spiro atoms. The molecule has 0 aliphatic carbocycles. The van der Waals surface area contributed by atoms with Crippen molar-refractivity contribution < 1.29 is 9.90 Å². The van der Waals surface area contributed by atoms with E-state index < -0.39 is 6.10 Å². The van der Waals surface area contributed by atoms with E-state index in [9.17, 15) is 9.90 Å². The molecule has 0 bridgehead atoms. The van der Waals surface area contributed by atoms with Crippen LogP contribution in [0, 0.1) is 6.92 Å². The minimum atomic E-state index is -0.738. The molecular weight excluding hydrogens is 290 g/mol. The van der Waals surface area contributed by atoms with Gasteiger partial charge in [0, 0.05) is 19.3 Å². The average molecular weight is 315 g/mol. The number of carbonyl (C=O) groups excluding carboxylic acids is 1. The number of aliphatic hydroxyl groups excluding tert-OH is 1. The first-order chi connectivity index (χ1) is 10.7. The molecule has 124 valence electrons. The number of aryl methyl sites for hydroxylation is 2. The van der Waals surface area contributed by atoms with Gasteiger partial charge in [0.2, 0.25) is 0 Å². The second-order valence-electron chi connectivity index (χ2n) is 6.89. The fraction of sp³-hybridized carbons (Fsp3) is 0.444. The molecule has 1 unspecified atom stereocenters. The summed E-state index contributed by atoms with van der Waals surface area (Å²) in [7, 11) is 1.79. The molecule has 0 aliphatic heterocycles. The van der Waals surface area contributed by atoms with E-state index in [4.69, 9.17) is 0 Å². The molecule has 0 fully saturated rings. The molecule has 0 radical (unpaired) electrons. The highest BCUT2D eigenvalue weighted by Gasteiger charge is 2.16. The van der Waals surface area contributed by atoms with Crippen LogP contribution in [-0.4, -0.2) is 27.3 Å². The molecule has 1 aromatic carbocycles. The summed E-state index contributed by atoms with van der Waals surface area (Å²) in [5.41, 5.74) is 3.35. The van der Waals surface area contributed by atoms with Crippen molar-refractivity contribution >= 4 is 5.91 Å². The van der Waals surface area contributed by atoms with Gasteiger partial charge < -0.3 is 10.4 Å². The average Bonchev–Trinajstić information content (AvgIpc) is 2.83. The maximum atomic E-state index is 12.0. The van der Waals surface area contributed by atoms with E-state index in [0.717, 1.165) is 11.3 Å². The second kappa shape index (κ2) is 6.54. The van der Waals surface area contributed by atoms with Crippen molar-refractivity contribution in [3.63, 3.8) is 0 Å². The van der Waals surface area contributed by atoms with E-state index >= 15 is 0 Å². The number of carbonyl (C=O) groups is 1. The molecule has 1 amide bonds. The molecule has 1 heterocycles. The van der Waals surface area contributed by atoms with E-state index in [2.05, 4.69) is 31.2 Å². The van der Waals surface area contributed by atoms with Gasteiger partial charge in [-0.05, 0) is 29.5 Å². The molecule has 0 saturated carbocycles. The second-order valence-corrected chi connectivity index (χ2v) is 6.89. The van der Waals surface area contributed by atoms with Crippen molar-refractivity contribution in [3.8, 4) is 0 Å². The van der Waals surface area contributed by atoms with Crippen LogP contribution in [0.25, 0.3) is 0 Å². The van der Waals surface area contributed by atoms with Crippen LogP contribution >= 0.6 is 0 Å². The molecule has 2 N–H and O–H groups in total. The molecule has 5 nitrogen and oxygen atoms in total. The van der Waals surface area contributed by atoms with Crippen LogP contribution in [0.5, 0.6) is 0 Å². The maximum absolute atomic E-state index is 12.0. The Balaban J connectivity index is 1.96. The van der Waals surface area contributed by atoms with Gasteiger partial charge in [-0.1, -0.05) is 45.0 Å². The highest BCUT2D eigenvalue weighted by Crippen LogP contribution is 2.23. The highest BCUT2D eigenvalue weighted by atomic mass is 16.3. The van der Waals surface area contributed by atoms with Gasteiger partial charge in [0.05, 0.1) is 6.10 Å². The summed E-state index contributed by atoms with van der Waals surface area (Å²) in [6, 6.07) is 9.56. The number of aliphatic hydroxyl groups is 1. The Hall–Kier alpha value is -2.14. The molecular formula is C18H25N3O2. The topological polar surface area (TPSA) is 67.2 Å². The Morgan fingerprint density at radius 1 is 1.30 bits per heavy atom. The fourth-order valence-electron chi connectivity index (χ4n) is 2.27. The smallest absolute Gasteiger partial charge is 0.271 e. The Kier molecular flexibility index (Phi) is 4.90. The zero-order valence-corrected chi connectivity index (χ0v) is 14.4. The first kappa shape index (κ1) is 17.2. The number of rotatable bonds is 4. The molecule has 2 rings (SSSR count). The Bertz CT molecular complexity index is 662. The van der Waals surface area contributed by atoms with Crippen molar-refractivity contribution in [2.24, 2.45) is 7.05 Å². The van der Waals surface area contributed by atoms with Crippen LogP contribution in [0.2, 0.25) is 0 Å². The van der Waals surface area contributed by atoms with Gasteiger partial charge in [-0.15, -0.1) is 0 Å². The molecule has 23 heavy (non-hydrogen) atoms.